The van der Waals surface area contributed by atoms with Crippen molar-refractivity contribution in [3.63, 3.8) is 0 Å². The number of aromatic nitrogens is 2. The van der Waals surface area contributed by atoms with Crippen molar-refractivity contribution < 1.29 is 19.4 Å². The first kappa shape index (κ1) is 18.2. The number of carboxylic acids is 1. The van der Waals surface area contributed by atoms with E-state index in [2.05, 4.69) is 11.7 Å². The van der Waals surface area contributed by atoms with Crippen molar-refractivity contribution in [3.8, 4) is 5.69 Å². The van der Waals surface area contributed by atoms with Crippen LogP contribution in [0.15, 0.2) is 29.2 Å². The van der Waals surface area contributed by atoms with Crippen molar-refractivity contribution in [1.29, 1.82) is 0 Å². The molecule has 2 aromatic rings. The van der Waals surface area contributed by atoms with Crippen molar-refractivity contribution in [3.05, 3.63) is 46.1 Å². The lowest BCUT2D eigenvalue weighted by Gasteiger charge is -2.17. The number of carboxylic acid groups (broad SMARTS) is 1. The van der Waals surface area contributed by atoms with E-state index >= 15 is 0 Å². The second-order valence-corrected chi connectivity index (χ2v) is 6.18. The van der Waals surface area contributed by atoms with Crippen LogP contribution in [0.2, 0.25) is 0 Å². The molecule has 130 valence electrons. The van der Waals surface area contributed by atoms with Gasteiger partial charge in [0.05, 0.1) is 31.3 Å². The molecule has 0 unspecified atom stereocenters. The highest BCUT2D eigenvalue weighted by Crippen LogP contribution is 2.22. The zero-order valence-electron chi connectivity index (χ0n) is 14.1. The average molecular weight is 350 g/mol. The highest BCUT2D eigenvalue weighted by molar-refractivity contribution is 7.08. The zero-order valence-corrected chi connectivity index (χ0v) is 14.9. The highest BCUT2D eigenvalue weighted by atomic mass is 32.1. The van der Waals surface area contributed by atoms with E-state index in [0.29, 0.717) is 17.7 Å². The fourth-order valence-electron chi connectivity index (χ4n) is 2.37. The number of nitrogens with zero attached hydrogens (tertiary/aromatic N) is 2. The molecule has 0 fully saturated rings. The maximum absolute atomic E-state index is 11.5. The highest BCUT2D eigenvalue weighted by Gasteiger charge is 2.22. The summed E-state index contributed by atoms with van der Waals surface area (Å²) in [6.45, 7) is 7.85. The first-order valence-corrected chi connectivity index (χ1v) is 8.59. The van der Waals surface area contributed by atoms with E-state index in [1.165, 1.54) is 11.3 Å². The lowest BCUT2D eigenvalue weighted by Crippen LogP contribution is -2.14. The number of hydrogen-bond donors (Lipinski definition) is 1. The van der Waals surface area contributed by atoms with Crippen molar-refractivity contribution in [1.82, 2.24) is 9.78 Å². The fourth-order valence-corrected chi connectivity index (χ4v) is 2.98. The van der Waals surface area contributed by atoms with Crippen LogP contribution < -0.4 is 0 Å². The number of hydrogen-bond acceptors (Lipinski definition) is 5. The summed E-state index contributed by atoms with van der Waals surface area (Å²) in [6.07, 6.45) is 1.28. The Morgan fingerprint density at radius 3 is 2.83 bits per heavy atom. The van der Waals surface area contributed by atoms with E-state index in [1.807, 2.05) is 30.7 Å². The van der Waals surface area contributed by atoms with Crippen molar-refractivity contribution >= 4 is 17.3 Å². The molecule has 0 aliphatic heterocycles. The van der Waals surface area contributed by atoms with Gasteiger partial charge in [0, 0.05) is 23.1 Å². The van der Waals surface area contributed by atoms with E-state index < -0.39 is 5.97 Å². The Kier molecular flexibility index (Phi) is 6.16. The average Bonchev–Trinajstić information content (AvgIpc) is 3.19. The third-order valence-electron chi connectivity index (χ3n) is 3.86. The molecule has 0 amide bonds. The van der Waals surface area contributed by atoms with Crippen molar-refractivity contribution in [2.75, 3.05) is 7.11 Å². The first-order chi connectivity index (χ1) is 11.5. The van der Waals surface area contributed by atoms with Gasteiger partial charge in [0.2, 0.25) is 0 Å². The van der Waals surface area contributed by atoms with Crippen LogP contribution in [0.25, 0.3) is 5.69 Å². The molecule has 0 aliphatic carbocycles. The smallest absolute Gasteiger partial charge is 0.356 e. The molecule has 24 heavy (non-hydrogen) atoms. The molecule has 1 N–H and O–H groups in total. The predicted molar refractivity (Wildman–Crippen MR) is 92.8 cm³/mol. The number of carbonyl (C=O) groups is 1. The maximum atomic E-state index is 11.5. The van der Waals surface area contributed by atoms with Crippen molar-refractivity contribution in [2.45, 2.75) is 39.4 Å². The minimum absolute atomic E-state index is 0.0270. The second kappa shape index (κ2) is 8.12. The molecule has 0 aromatic carbocycles. The number of thiophene rings is 1. The molecule has 2 rings (SSSR count). The lowest BCUT2D eigenvalue weighted by atomic mass is 10.1. The molecule has 2 heterocycles. The number of methoxy groups -OCH3 is 1. The van der Waals surface area contributed by atoms with Gasteiger partial charge in [-0.2, -0.15) is 16.4 Å². The molecule has 0 aliphatic rings. The number of ether oxygens (including phenoxy) is 2. The standard InChI is InChI=1S/C17H22N2O4S/c1-5-14(8-11(2)22-4)23-9-15-12(3)19(13-6-7-24-10-13)18-16(15)17(20)21/h6-7,10,14H,2,5,8-9H2,1,3-4H3,(H,20,21)/t14-/m1/s1. The zero-order chi connectivity index (χ0) is 17.7. The molecule has 0 radical (unpaired) electrons. The van der Waals surface area contributed by atoms with Crippen LogP contribution in [-0.4, -0.2) is 34.1 Å². The molecule has 0 spiro atoms. The summed E-state index contributed by atoms with van der Waals surface area (Å²) < 4.78 is 12.6. The molecule has 2 aromatic heterocycles. The van der Waals surface area contributed by atoms with E-state index in [0.717, 1.165) is 17.8 Å². The summed E-state index contributed by atoms with van der Waals surface area (Å²) in [4.78, 5) is 11.5. The summed E-state index contributed by atoms with van der Waals surface area (Å²) in [5.41, 5.74) is 2.24. The van der Waals surface area contributed by atoms with Crippen LogP contribution in [0.1, 0.15) is 41.5 Å². The fraction of sp³-hybridized carbons (Fsp3) is 0.412. The minimum Gasteiger partial charge on any atom is -0.502 e. The summed E-state index contributed by atoms with van der Waals surface area (Å²) >= 11 is 1.53. The van der Waals surface area contributed by atoms with E-state index in [-0.39, 0.29) is 18.4 Å². The Bertz CT molecular complexity index is 706. The SMILES string of the molecule is C=C(C[C@@H](CC)OCc1c(C(=O)O)nn(-c2ccsc2)c1C)OC. The van der Waals surface area contributed by atoms with Crippen LogP contribution in [0.4, 0.5) is 0 Å². The monoisotopic (exact) mass is 350 g/mol. The van der Waals surface area contributed by atoms with Gasteiger partial charge in [-0.15, -0.1) is 0 Å². The van der Waals surface area contributed by atoms with Gasteiger partial charge in [-0.1, -0.05) is 13.5 Å². The maximum Gasteiger partial charge on any atom is 0.356 e. The summed E-state index contributed by atoms with van der Waals surface area (Å²) in [6, 6.07) is 1.90. The molecular formula is C17H22N2O4S. The van der Waals surface area contributed by atoms with Crippen molar-refractivity contribution in [2.24, 2.45) is 0 Å². The van der Waals surface area contributed by atoms with Crippen LogP contribution in [0.5, 0.6) is 0 Å². The third-order valence-corrected chi connectivity index (χ3v) is 4.53. The Morgan fingerprint density at radius 1 is 1.54 bits per heavy atom. The van der Waals surface area contributed by atoms with Gasteiger partial charge in [0.1, 0.15) is 0 Å². The first-order valence-electron chi connectivity index (χ1n) is 7.65. The minimum atomic E-state index is -1.06. The summed E-state index contributed by atoms with van der Waals surface area (Å²) in [5.74, 6) is -0.411. The normalized spacial score (nSPS) is 12.1. The van der Waals surface area contributed by atoms with Gasteiger partial charge in [-0.05, 0) is 24.8 Å². The van der Waals surface area contributed by atoms with E-state index in [1.54, 1.807) is 11.8 Å². The Labute approximate surface area is 145 Å². The molecule has 0 saturated heterocycles. The Morgan fingerprint density at radius 2 is 2.29 bits per heavy atom. The van der Waals surface area contributed by atoms with Gasteiger partial charge in [0.25, 0.3) is 0 Å². The van der Waals surface area contributed by atoms with Crippen LogP contribution in [-0.2, 0) is 16.1 Å². The lowest BCUT2D eigenvalue weighted by molar-refractivity contribution is 0.0287. The molecular weight excluding hydrogens is 328 g/mol. The van der Waals surface area contributed by atoms with Crippen LogP contribution >= 0.6 is 11.3 Å². The van der Waals surface area contributed by atoms with Gasteiger partial charge in [-0.25, -0.2) is 9.48 Å². The van der Waals surface area contributed by atoms with E-state index in [9.17, 15) is 9.90 Å². The summed E-state index contributed by atoms with van der Waals surface area (Å²) in [5, 5.41) is 17.5. The molecule has 1 atom stereocenters. The molecule has 0 saturated carbocycles. The topological polar surface area (TPSA) is 73.6 Å². The second-order valence-electron chi connectivity index (χ2n) is 5.40. The van der Waals surface area contributed by atoms with Crippen LogP contribution in [0, 0.1) is 6.92 Å². The summed E-state index contributed by atoms with van der Waals surface area (Å²) in [7, 11) is 1.58. The Balaban J connectivity index is 2.22. The number of aromatic carboxylic acids is 1. The Hall–Kier alpha value is -2.12. The van der Waals surface area contributed by atoms with Gasteiger partial charge < -0.3 is 14.6 Å². The third kappa shape index (κ3) is 4.04. The van der Waals surface area contributed by atoms with Gasteiger partial charge in [0.15, 0.2) is 5.69 Å². The van der Waals surface area contributed by atoms with Gasteiger partial charge >= 0.3 is 5.97 Å². The van der Waals surface area contributed by atoms with Crippen LogP contribution in [0.3, 0.4) is 0 Å². The quantitative estimate of drug-likeness (QED) is 0.697. The molecule has 6 nitrogen and oxygen atoms in total. The number of rotatable bonds is 9. The van der Waals surface area contributed by atoms with E-state index in [4.69, 9.17) is 9.47 Å². The molecule has 7 heteroatoms. The largest absolute Gasteiger partial charge is 0.502 e. The predicted octanol–water partition coefficient (Wildman–Crippen LogP) is 3.79. The molecule has 0 bridgehead atoms. The van der Waals surface area contributed by atoms with Gasteiger partial charge in [-0.3, -0.25) is 0 Å².